The molecule has 2 aliphatic carbocycles. The van der Waals surface area contributed by atoms with Gasteiger partial charge in [-0.2, -0.15) is 0 Å². The van der Waals surface area contributed by atoms with Crippen LogP contribution in [0.25, 0.3) is 0 Å². The van der Waals surface area contributed by atoms with Gasteiger partial charge in [-0.25, -0.2) is 0 Å². The molecular formula is C51H110. The van der Waals surface area contributed by atoms with Gasteiger partial charge in [0, 0.05) is 0 Å². The predicted molar refractivity (Wildman–Crippen MR) is 247 cm³/mol. The standard InChI is InChI=1S/C12H24.C11H22.C9H20.2C8H16.3CH4/c1-10(2)12(11(3)4)8-6-5-7-9-12;1-9(2)11(10(3)4)7-5-6-8-11;1-7(2)9(5,6)8(3)4;2*1-6(2)8(5)7(3)4;;;/h10-11H,5-9H2,1-4H3;9-10H,5-8H2,1-4H3;7-8H,1-6H3;2*6H,1-5H3;3*1H4. The molecule has 51 heavy (non-hydrogen) atoms. The third-order valence-electron chi connectivity index (χ3n) is 14.2. The highest BCUT2D eigenvalue weighted by molar-refractivity contribution is 5.09. The molecule has 2 saturated carbocycles. The Kier molecular flexibility index (Phi) is 36.5. The van der Waals surface area contributed by atoms with Crippen molar-refractivity contribution in [3.63, 3.8) is 0 Å². The van der Waals surface area contributed by atoms with Crippen LogP contribution in [-0.4, -0.2) is 0 Å². The van der Waals surface area contributed by atoms with Crippen LogP contribution in [0.5, 0.6) is 0 Å². The van der Waals surface area contributed by atoms with E-state index in [9.17, 15) is 0 Å². The molecule has 0 heterocycles. The SMILES string of the molecule is C.C.C.CC(C)=C(C)C(C)C.CC(C)=C(C)C(C)C.CC(C)C(C)(C)C(C)C.CC(C)C1(C(C)C)CCCC1.CC(C)C1(C(C)C)CCCCC1. The maximum absolute atomic E-state index is 2.41. The molecule has 0 aromatic heterocycles. The summed E-state index contributed by atoms with van der Waals surface area (Å²) in [5.41, 5.74) is 7.83. The Morgan fingerprint density at radius 2 is 0.569 bits per heavy atom. The van der Waals surface area contributed by atoms with Gasteiger partial charge in [-0.3, -0.25) is 0 Å². The minimum absolute atomic E-state index is 0. The highest BCUT2D eigenvalue weighted by Gasteiger charge is 2.39. The minimum atomic E-state index is 0. The predicted octanol–water partition coefficient (Wildman–Crippen LogP) is 19.3. The summed E-state index contributed by atoms with van der Waals surface area (Å²) >= 11 is 0. The summed E-state index contributed by atoms with van der Waals surface area (Å²) < 4.78 is 0. The fourth-order valence-electron chi connectivity index (χ4n) is 7.71. The maximum atomic E-state index is 2.41. The molecule has 0 aromatic carbocycles. The molecule has 0 radical (unpaired) electrons. The molecule has 0 unspecified atom stereocenters. The van der Waals surface area contributed by atoms with Crippen LogP contribution in [-0.2, 0) is 0 Å². The van der Waals surface area contributed by atoms with Gasteiger partial charge in [-0.1, -0.05) is 201 Å². The maximum Gasteiger partial charge on any atom is -0.0251 e. The molecule has 2 aliphatic rings. The third kappa shape index (κ3) is 22.5. The van der Waals surface area contributed by atoms with E-state index in [2.05, 4.69) is 166 Å². The topological polar surface area (TPSA) is 0 Å². The summed E-state index contributed by atoms with van der Waals surface area (Å²) in [4.78, 5) is 0. The monoisotopic (exact) mass is 723 g/mol. The summed E-state index contributed by atoms with van der Waals surface area (Å²) in [6, 6.07) is 0. The Labute approximate surface area is 331 Å². The molecule has 0 spiro atoms. The first-order valence-electron chi connectivity index (χ1n) is 21.0. The van der Waals surface area contributed by atoms with Gasteiger partial charge in [0.25, 0.3) is 0 Å². The van der Waals surface area contributed by atoms with Gasteiger partial charge in [-0.15, -0.1) is 0 Å². The zero-order valence-electron chi connectivity index (χ0n) is 38.5. The van der Waals surface area contributed by atoms with E-state index in [1.54, 1.807) is 0 Å². The second-order valence-electron chi connectivity index (χ2n) is 19.7. The van der Waals surface area contributed by atoms with Crippen molar-refractivity contribution in [2.24, 2.45) is 63.6 Å². The van der Waals surface area contributed by atoms with Crippen LogP contribution in [0.1, 0.15) is 246 Å². The van der Waals surface area contributed by atoms with Crippen LogP contribution in [0.15, 0.2) is 22.3 Å². The smallest absolute Gasteiger partial charge is 0.0251 e. The Morgan fingerprint density at radius 3 is 0.647 bits per heavy atom. The summed E-state index contributed by atoms with van der Waals surface area (Å²) in [6.07, 6.45) is 13.2. The Morgan fingerprint density at radius 1 is 0.373 bits per heavy atom. The second-order valence-corrected chi connectivity index (χ2v) is 19.7. The molecule has 0 atom stereocenters. The van der Waals surface area contributed by atoms with Crippen molar-refractivity contribution in [3.8, 4) is 0 Å². The third-order valence-corrected chi connectivity index (χ3v) is 14.2. The lowest BCUT2D eigenvalue weighted by atomic mass is 9.61. The molecule has 0 bridgehead atoms. The van der Waals surface area contributed by atoms with Crippen LogP contribution in [0, 0.1) is 63.6 Å². The largest absolute Gasteiger partial charge is 0.0776 e. The number of hydrogen-bond acceptors (Lipinski definition) is 0. The van der Waals surface area contributed by atoms with Gasteiger partial charge in [0.05, 0.1) is 0 Å². The molecule has 2 rings (SSSR count). The molecule has 314 valence electrons. The van der Waals surface area contributed by atoms with Crippen LogP contribution in [0.4, 0.5) is 0 Å². The van der Waals surface area contributed by atoms with E-state index in [1.807, 2.05) is 0 Å². The lowest BCUT2D eigenvalue weighted by Crippen LogP contribution is -2.35. The van der Waals surface area contributed by atoms with Crippen molar-refractivity contribution in [3.05, 3.63) is 22.3 Å². The molecule has 0 nitrogen and oxygen atoms in total. The van der Waals surface area contributed by atoms with Crippen molar-refractivity contribution in [1.29, 1.82) is 0 Å². The molecule has 0 saturated heterocycles. The van der Waals surface area contributed by atoms with Gasteiger partial charge in [-0.05, 0) is 131 Å². The van der Waals surface area contributed by atoms with Crippen molar-refractivity contribution in [1.82, 2.24) is 0 Å². The van der Waals surface area contributed by atoms with Crippen LogP contribution < -0.4 is 0 Å². The number of allylic oxidation sites excluding steroid dienone is 4. The summed E-state index contributed by atoms with van der Waals surface area (Å²) in [6.45, 7) is 55.0. The zero-order valence-corrected chi connectivity index (χ0v) is 38.5. The normalized spacial score (nSPS) is 16.0. The molecule has 2 fully saturated rings. The average Bonchev–Trinajstić information content (AvgIpc) is 3.49. The molecule has 0 N–H and O–H groups in total. The fraction of sp³-hybridized carbons (Fsp3) is 0.922. The molecule has 0 heteroatoms. The molecule has 0 amide bonds. The first-order chi connectivity index (χ1) is 21.7. The molecule has 0 aromatic rings. The van der Waals surface area contributed by atoms with Crippen molar-refractivity contribution in [2.75, 3.05) is 0 Å². The van der Waals surface area contributed by atoms with Crippen LogP contribution >= 0.6 is 0 Å². The Hall–Kier alpha value is -0.520. The Bertz CT molecular complexity index is 786. The second kappa shape index (κ2) is 29.8. The Balaban J connectivity index is -0.000000124. The first-order valence-corrected chi connectivity index (χ1v) is 21.0. The van der Waals surface area contributed by atoms with Gasteiger partial charge in [0.2, 0.25) is 0 Å². The van der Waals surface area contributed by atoms with Gasteiger partial charge in [0.15, 0.2) is 0 Å². The highest BCUT2D eigenvalue weighted by Crippen LogP contribution is 2.50. The van der Waals surface area contributed by atoms with Gasteiger partial charge < -0.3 is 0 Å². The summed E-state index contributed by atoms with van der Waals surface area (Å²) in [5, 5.41) is 0. The summed E-state index contributed by atoms with van der Waals surface area (Å²) in [5.74, 6) is 6.53. The van der Waals surface area contributed by atoms with E-state index >= 15 is 0 Å². The number of rotatable bonds is 8. The average molecular weight is 723 g/mol. The molecular weight excluding hydrogens is 613 g/mol. The van der Waals surface area contributed by atoms with Gasteiger partial charge >= 0.3 is 0 Å². The van der Waals surface area contributed by atoms with E-state index in [1.165, 1.54) is 80.1 Å². The quantitative estimate of drug-likeness (QED) is 0.219. The highest BCUT2D eigenvalue weighted by atomic mass is 14.4. The van der Waals surface area contributed by atoms with Crippen molar-refractivity contribution < 1.29 is 0 Å². The first kappa shape index (κ1) is 62.5. The van der Waals surface area contributed by atoms with Gasteiger partial charge in [0.1, 0.15) is 0 Å². The van der Waals surface area contributed by atoms with Crippen molar-refractivity contribution >= 4 is 0 Å². The van der Waals surface area contributed by atoms with E-state index in [4.69, 9.17) is 0 Å². The molecule has 0 aliphatic heterocycles. The zero-order chi connectivity index (χ0) is 38.8. The fourth-order valence-corrected chi connectivity index (χ4v) is 7.71. The summed E-state index contributed by atoms with van der Waals surface area (Å²) in [7, 11) is 0. The van der Waals surface area contributed by atoms with Crippen molar-refractivity contribution in [2.45, 2.75) is 246 Å². The van der Waals surface area contributed by atoms with E-state index in [-0.39, 0.29) is 22.3 Å². The van der Waals surface area contributed by atoms with E-state index in [0.717, 1.165) is 47.3 Å². The van der Waals surface area contributed by atoms with E-state index in [0.29, 0.717) is 16.2 Å². The van der Waals surface area contributed by atoms with Crippen LogP contribution in [0.3, 0.4) is 0 Å². The minimum Gasteiger partial charge on any atom is -0.0776 e. The lowest BCUT2D eigenvalue weighted by Gasteiger charge is -2.44. The van der Waals surface area contributed by atoms with E-state index < -0.39 is 0 Å². The van der Waals surface area contributed by atoms with Crippen LogP contribution in [0.2, 0.25) is 0 Å². The number of hydrogen-bond donors (Lipinski definition) is 0. The lowest BCUT2D eigenvalue weighted by molar-refractivity contribution is 0.0587.